The van der Waals surface area contributed by atoms with Gasteiger partial charge in [0.1, 0.15) is 0 Å². The van der Waals surface area contributed by atoms with Gasteiger partial charge in [0, 0.05) is 31.1 Å². The molecule has 6 heteroatoms. The lowest BCUT2D eigenvalue weighted by molar-refractivity contribution is -0.121. The molecule has 2 aromatic rings. The van der Waals surface area contributed by atoms with Gasteiger partial charge < -0.3 is 20.7 Å². The molecule has 1 amide bonds. The molecule has 4 N–H and O–H groups in total. The van der Waals surface area contributed by atoms with Crippen LogP contribution in [0.3, 0.4) is 0 Å². The van der Waals surface area contributed by atoms with E-state index >= 15 is 0 Å². The first kappa shape index (κ1) is 19.7. The van der Waals surface area contributed by atoms with E-state index in [0.717, 1.165) is 29.2 Å². The Labute approximate surface area is 171 Å². The van der Waals surface area contributed by atoms with Crippen LogP contribution in [0.15, 0.2) is 24.4 Å². The fraction of sp³-hybridized carbons (Fsp3) is 0.591. The lowest BCUT2D eigenvalue weighted by atomic mass is 9.55. The second kappa shape index (κ2) is 7.69. The van der Waals surface area contributed by atoms with Crippen molar-refractivity contribution in [3.8, 4) is 0 Å². The maximum atomic E-state index is 13.0. The van der Waals surface area contributed by atoms with Gasteiger partial charge >= 0.3 is 0 Å². The molecule has 3 fully saturated rings. The molecule has 1 heterocycles. The number of amides is 1. The van der Waals surface area contributed by atoms with Crippen LogP contribution < -0.4 is 11.1 Å². The summed E-state index contributed by atoms with van der Waals surface area (Å²) < 4.78 is 1.92. The largest absolute Gasteiger partial charge is 0.390 e. The van der Waals surface area contributed by atoms with E-state index in [1.54, 1.807) is 0 Å². The molecule has 1 aromatic carbocycles. The SMILES string of the molecule is C[C@@H]1CC2(CC(=O)Nc3cn(CC(O)CN)c4cccc(Cl)c34)CCC1CC2. The van der Waals surface area contributed by atoms with Crippen molar-refractivity contribution in [2.24, 2.45) is 23.0 Å². The highest BCUT2D eigenvalue weighted by atomic mass is 35.5. The van der Waals surface area contributed by atoms with Crippen LogP contribution in [0, 0.1) is 17.3 Å². The highest BCUT2D eigenvalue weighted by Crippen LogP contribution is 2.54. The minimum atomic E-state index is -0.643. The molecule has 3 saturated carbocycles. The molecule has 2 bridgehead atoms. The second-order valence-corrected chi connectivity index (χ2v) is 9.37. The van der Waals surface area contributed by atoms with E-state index in [1.165, 1.54) is 25.7 Å². The number of aliphatic hydroxyl groups excluding tert-OH is 1. The first-order valence-corrected chi connectivity index (χ1v) is 10.7. The molecule has 28 heavy (non-hydrogen) atoms. The molecule has 0 aliphatic heterocycles. The van der Waals surface area contributed by atoms with E-state index < -0.39 is 6.10 Å². The summed E-state index contributed by atoms with van der Waals surface area (Å²) >= 11 is 6.45. The minimum absolute atomic E-state index is 0.0610. The summed E-state index contributed by atoms with van der Waals surface area (Å²) in [7, 11) is 0. The average Bonchev–Trinajstić information content (AvgIpc) is 3.00. The number of nitrogens with zero attached hydrogens (tertiary/aromatic N) is 1. The molecule has 0 saturated heterocycles. The van der Waals surface area contributed by atoms with Gasteiger partial charge in [0.2, 0.25) is 5.91 Å². The standard InChI is InChI=1S/C22H30ClN3O2/c1-14-9-22(7-5-15(14)6-8-22)10-20(28)25-18-13-26(12-16(27)11-24)19-4-2-3-17(23)21(18)19/h2-4,13-16,27H,5-12,24H2,1H3,(H,25,28)/t14-,15?,16?,22?/m1/s1. The fourth-order valence-corrected chi connectivity index (χ4v) is 5.79. The first-order valence-electron chi connectivity index (χ1n) is 10.4. The molecule has 0 radical (unpaired) electrons. The number of aromatic nitrogens is 1. The molecule has 1 unspecified atom stereocenters. The van der Waals surface area contributed by atoms with Gasteiger partial charge in [0.25, 0.3) is 0 Å². The molecular formula is C22H30ClN3O2. The third-order valence-corrected chi connectivity index (χ3v) is 7.31. The molecular weight excluding hydrogens is 374 g/mol. The van der Waals surface area contributed by atoms with Crippen LogP contribution in [0.4, 0.5) is 5.69 Å². The number of nitrogens with one attached hydrogen (secondary N) is 1. The third kappa shape index (κ3) is 3.68. The van der Waals surface area contributed by atoms with E-state index in [2.05, 4.69) is 12.2 Å². The Hall–Kier alpha value is -1.56. The number of carbonyl (C=O) groups excluding carboxylic acids is 1. The molecule has 5 rings (SSSR count). The lowest BCUT2D eigenvalue weighted by Gasteiger charge is -2.50. The van der Waals surface area contributed by atoms with Gasteiger partial charge in [0.05, 0.1) is 22.3 Å². The topological polar surface area (TPSA) is 80.3 Å². The van der Waals surface area contributed by atoms with Gasteiger partial charge in [-0.2, -0.15) is 0 Å². The molecule has 0 spiro atoms. The van der Waals surface area contributed by atoms with Crippen LogP contribution in [0.25, 0.3) is 10.9 Å². The van der Waals surface area contributed by atoms with Gasteiger partial charge in [-0.1, -0.05) is 24.6 Å². The Morgan fingerprint density at radius 1 is 1.43 bits per heavy atom. The number of carbonyl (C=O) groups is 1. The predicted molar refractivity (Wildman–Crippen MR) is 113 cm³/mol. The van der Waals surface area contributed by atoms with Crippen LogP contribution in [0.1, 0.15) is 45.4 Å². The Balaban J connectivity index is 1.56. The second-order valence-electron chi connectivity index (χ2n) is 8.96. The zero-order chi connectivity index (χ0) is 19.9. The van der Waals surface area contributed by atoms with Crippen molar-refractivity contribution in [1.82, 2.24) is 4.57 Å². The van der Waals surface area contributed by atoms with Gasteiger partial charge in [-0.3, -0.25) is 4.79 Å². The number of benzene rings is 1. The van der Waals surface area contributed by atoms with Crippen molar-refractivity contribution in [1.29, 1.82) is 0 Å². The summed E-state index contributed by atoms with van der Waals surface area (Å²) in [6.07, 6.45) is 7.82. The van der Waals surface area contributed by atoms with Crippen molar-refractivity contribution in [3.63, 3.8) is 0 Å². The molecule has 3 aliphatic carbocycles. The van der Waals surface area contributed by atoms with E-state index in [-0.39, 0.29) is 17.9 Å². The quantitative estimate of drug-likeness (QED) is 0.677. The number of rotatable bonds is 6. The Morgan fingerprint density at radius 2 is 2.18 bits per heavy atom. The molecule has 3 aliphatic rings. The van der Waals surface area contributed by atoms with Crippen molar-refractivity contribution >= 4 is 34.1 Å². The van der Waals surface area contributed by atoms with Crippen LogP contribution >= 0.6 is 11.6 Å². The molecule has 5 nitrogen and oxygen atoms in total. The van der Waals surface area contributed by atoms with Crippen molar-refractivity contribution in [2.45, 2.75) is 58.1 Å². The summed E-state index contributed by atoms with van der Waals surface area (Å²) in [5, 5.41) is 14.5. The van der Waals surface area contributed by atoms with Crippen LogP contribution in [-0.4, -0.2) is 28.2 Å². The highest BCUT2D eigenvalue weighted by Gasteiger charge is 2.45. The minimum Gasteiger partial charge on any atom is -0.390 e. The maximum absolute atomic E-state index is 13.0. The van der Waals surface area contributed by atoms with E-state index in [9.17, 15) is 9.90 Å². The van der Waals surface area contributed by atoms with Gasteiger partial charge in [-0.05, 0) is 61.5 Å². The smallest absolute Gasteiger partial charge is 0.224 e. The Kier molecular flexibility index (Phi) is 5.43. The number of hydrogen-bond donors (Lipinski definition) is 3. The van der Waals surface area contributed by atoms with Crippen LogP contribution in [0.5, 0.6) is 0 Å². The zero-order valence-electron chi connectivity index (χ0n) is 16.5. The summed E-state index contributed by atoms with van der Waals surface area (Å²) in [5.41, 5.74) is 7.34. The molecule has 152 valence electrons. The number of halogens is 1. The molecule has 1 aromatic heterocycles. The van der Waals surface area contributed by atoms with Crippen molar-refractivity contribution in [3.05, 3.63) is 29.4 Å². The normalized spacial score (nSPS) is 27.9. The molecule has 2 atom stereocenters. The van der Waals surface area contributed by atoms with Gasteiger partial charge in [-0.25, -0.2) is 0 Å². The van der Waals surface area contributed by atoms with E-state index in [4.69, 9.17) is 17.3 Å². The van der Waals surface area contributed by atoms with Crippen LogP contribution in [0.2, 0.25) is 5.02 Å². The predicted octanol–water partition coefficient (Wildman–Crippen LogP) is 4.16. The Morgan fingerprint density at radius 3 is 2.86 bits per heavy atom. The average molecular weight is 404 g/mol. The lowest BCUT2D eigenvalue weighted by Crippen LogP contribution is -2.41. The van der Waals surface area contributed by atoms with Gasteiger partial charge in [0.15, 0.2) is 0 Å². The summed E-state index contributed by atoms with van der Waals surface area (Å²) in [5.74, 6) is 1.64. The fourth-order valence-electron chi connectivity index (χ4n) is 5.52. The first-order chi connectivity index (χ1) is 13.4. The number of nitrogens with two attached hydrogens (primary N) is 1. The summed E-state index contributed by atoms with van der Waals surface area (Å²) in [6.45, 7) is 2.89. The van der Waals surface area contributed by atoms with Crippen LogP contribution in [-0.2, 0) is 11.3 Å². The van der Waals surface area contributed by atoms with E-state index in [1.807, 2.05) is 29.0 Å². The summed E-state index contributed by atoms with van der Waals surface area (Å²) in [6, 6.07) is 5.65. The number of anilines is 1. The van der Waals surface area contributed by atoms with Crippen molar-refractivity contribution in [2.75, 3.05) is 11.9 Å². The van der Waals surface area contributed by atoms with Crippen molar-refractivity contribution < 1.29 is 9.90 Å². The summed E-state index contributed by atoms with van der Waals surface area (Å²) in [4.78, 5) is 13.0. The van der Waals surface area contributed by atoms with E-state index in [0.29, 0.717) is 23.7 Å². The Bertz CT molecular complexity index is 870. The maximum Gasteiger partial charge on any atom is 0.224 e. The monoisotopic (exact) mass is 403 g/mol. The third-order valence-electron chi connectivity index (χ3n) is 7.00. The number of aliphatic hydroxyl groups is 1. The highest BCUT2D eigenvalue weighted by molar-refractivity contribution is 6.36. The number of hydrogen-bond acceptors (Lipinski definition) is 3. The number of fused-ring (bicyclic) bond motifs is 4. The van der Waals surface area contributed by atoms with Gasteiger partial charge in [-0.15, -0.1) is 0 Å². The zero-order valence-corrected chi connectivity index (χ0v) is 17.2.